The second-order valence-electron chi connectivity index (χ2n) is 6.72. The topological polar surface area (TPSA) is 41.6 Å². The second-order valence-corrected chi connectivity index (χ2v) is 8.52. The van der Waals surface area contributed by atoms with Crippen LogP contribution in [-0.4, -0.2) is 42.9 Å². The zero-order valence-electron chi connectivity index (χ0n) is 15.6. The maximum absolute atomic E-state index is 12.1. The molecule has 1 fully saturated rings. The summed E-state index contributed by atoms with van der Waals surface area (Å²) >= 11 is 13.5. The minimum Gasteiger partial charge on any atom is -0.379 e. The van der Waals surface area contributed by atoms with Crippen molar-refractivity contribution in [1.29, 1.82) is 0 Å². The molecule has 0 spiro atoms. The van der Waals surface area contributed by atoms with Crippen molar-refractivity contribution in [3.8, 4) is 0 Å². The van der Waals surface area contributed by atoms with E-state index >= 15 is 0 Å². The highest BCUT2D eigenvalue weighted by Gasteiger charge is 2.10. The minimum absolute atomic E-state index is 0.0300. The maximum Gasteiger partial charge on any atom is 0.230 e. The molecule has 1 saturated heterocycles. The summed E-state index contributed by atoms with van der Waals surface area (Å²) in [7, 11) is 0. The lowest BCUT2D eigenvalue weighted by atomic mass is 10.1. The molecule has 0 atom stereocenters. The van der Waals surface area contributed by atoms with Crippen LogP contribution in [0.1, 0.15) is 16.7 Å². The molecule has 0 bridgehead atoms. The first-order valence-electron chi connectivity index (χ1n) is 9.26. The van der Waals surface area contributed by atoms with Gasteiger partial charge in [-0.25, -0.2) is 0 Å². The van der Waals surface area contributed by atoms with Crippen LogP contribution in [0, 0.1) is 0 Å². The van der Waals surface area contributed by atoms with Crippen molar-refractivity contribution >= 4 is 40.9 Å². The van der Waals surface area contributed by atoms with Gasteiger partial charge >= 0.3 is 0 Å². The third-order valence-electron chi connectivity index (χ3n) is 4.51. The fourth-order valence-corrected chi connectivity index (χ4v) is 4.05. The van der Waals surface area contributed by atoms with E-state index in [1.807, 2.05) is 12.1 Å². The first-order chi connectivity index (χ1) is 13.6. The zero-order valence-corrected chi connectivity index (χ0v) is 18.0. The number of carbonyl (C=O) groups excluding carboxylic acids is 1. The summed E-state index contributed by atoms with van der Waals surface area (Å²) in [6, 6.07) is 14.0. The zero-order chi connectivity index (χ0) is 19.8. The monoisotopic (exact) mass is 438 g/mol. The van der Waals surface area contributed by atoms with Gasteiger partial charge in [0.25, 0.3) is 0 Å². The highest BCUT2D eigenvalue weighted by atomic mass is 35.5. The molecule has 0 saturated carbocycles. The van der Waals surface area contributed by atoms with Crippen molar-refractivity contribution in [2.24, 2.45) is 0 Å². The van der Waals surface area contributed by atoms with Crippen LogP contribution in [0.25, 0.3) is 0 Å². The van der Waals surface area contributed by atoms with Crippen LogP contribution >= 0.6 is 35.0 Å². The van der Waals surface area contributed by atoms with Crippen LogP contribution < -0.4 is 5.32 Å². The van der Waals surface area contributed by atoms with Crippen LogP contribution in [0.5, 0.6) is 0 Å². The van der Waals surface area contributed by atoms with Crippen LogP contribution in [0.4, 0.5) is 0 Å². The smallest absolute Gasteiger partial charge is 0.230 e. The first-order valence-corrected chi connectivity index (χ1v) is 11.2. The average molecular weight is 439 g/mol. The number of hydrogen-bond acceptors (Lipinski definition) is 4. The summed E-state index contributed by atoms with van der Waals surface area (Å²) in [5, 5.41) is 4.06. The van der Waals surface area contributed by atoms with Gasteiger partial charge in [0.2, 0.25) is 5.91 Å². The van der Waals surface area contributed by atoms with Gasteiger partial charge in [-0.15, -0.1) is 11.8 Å². The summed E-state index contributed by atoms with van der Waals surface area (Å²) < 4.78 is 5.38. The molecule has 1 heterocycles. The van der Waals surface area contributed by atoms with Crippen molar-refractivity contribution in [2.45, 2.75) is 18.8 Å². The van der Waals surface area contributed by atoms with Gasteiger partial charge in [-0.05, 0) is 28.8 Å². The number of benzene rings is 2. The molecule has 1 aliphatic rings. The number of thioether (sulfide) groups is 1. The lowest BCUT2D eigenvalue weighted by molar-refractivity contribution is -0.118. The molecule has 0 aliphatic carbocycles. The summed E-state index contributed by atoms with van der Waals surface area (Å²) in [4.78, 5) is 14.5. The van der Waals surface area contributed by atoms with Gasteiger partial charge in [0.1, 0.15) is 0 Å². The fourth-order valence-electron chi connectivity index (χ4n) is 2.92. The Balaban J connectivity index is 1.36. The van der Waals surface area contributed by atoms with Gasteiger partial charge in [-0.3, -0.25) is 9.69 Å². The number of hydrogen-bond donors (Lipinski definition) is 1. The molecule has 1 amide bonds. The van der Waals surface area contributed by atoms with E-state index in [-0.39, 0.29) is 5.91 Å². The number of halogens is 2. The lowest BCUT2D eigenvalue weighted by Gasteiger charge is -2.26. The largest absolute Gasteiger partial charge is 0.379 e. The van der Waals surface area contributed by atoms with Crippen molar-refractivity contribution in [3.63, 3.8) is 0 Å². The molecule has 0 aromatic heterocycles. The predicted molar refractivity (Wildman–Crippen MR) is 117 cm³/mol. The van der Waals surface area contributed by atoms with Crippen LogP contribution in [0.2, 0.25) is 10.0 Å². The average Bonchev–Trinajstić information content (AvgIpc) is 2.71. The third kappa shape index (κ3) is 6.98. The van der Waals surface area contributed by atoms with E-state index in [0.717, 1.165) is 49.7 Å². The molecular weight excluding hydrogens is 415 g/mol. The molecule has 0 radical (unpaired) electrons. The number of carbonyl (C=O) groups is 1. The lowest BCUT2D eigenvalue weighted by Crippen LogP contribution is -2.35. The van der Waals surface area contributed by atoms with E-state index in [4.69, 9.17) is 27.9 Å². The molecule has 28 heavy (non-hydrogen) atoms. The van der Waals surface area contributed by atoms with Gasteiger partial charge in [0.05, 0.1) is 29.0 Å². The van der Waals surface area contributed by atoms with Crippen LogP contribution in [0.15, 0.2) is 42.5 Å². The van der Waals surface area contributed by atoms with Gasteiger partial charge in [-0.2, -0.15) is 0 Å². The standard InChI is InChI=1S/C21H24Cl2N2O2S/c22-19-6-5-18(11-20(19)23)14-28-15-21(26)24-12-16-1-3-17(4-2-16)13-25-7-9-27-10-8-25/h1-6,11H,7-10,12-15H2,(H,24,26). The van der Waals surface area contributed by atoms with E-state index in [2.05, 4.69) is 34.5 Å². The van der Waals surface area contributed by atoms with E-state index in [0.29, 0.717) is 22.3 Å². The van der Waals surface area contributed by atoms with E-state index in [1.165, 1.54) is 5.56 Å². The normalized spacial score (nSPS) is 14.8. The Bertz CT molecular complexity index is 780. The molecule has 7 heteroatoms. The number of nitrogens with zero attached hydrogens (tertiary/aromatic N) is 1. The summed E-state index contributed by atoms with van der Waals surface area (Å²) in [5.41, 5.74) is 3.45. The molecular formula is C21H24Cl2N2O2S. The summed E-state index contributed by atoms with van der Waals surface area (Å²) in [6.45, 7) is 5.08. The highest BCUT2D eigenvalue weighted by molar-refractivity contribution is 7.99. The highest BCUT2D eigenvalue weighted by Crippen LogP contribution is 2.24. The Kier molecular flexibility index (Phi) is 8.49. The molecule has 0 unspecified atom stereocenters. The van der Waals surface area contributed by atoms with Crippen molar-refractivity contribution in [2.75, 3.05) is 32.1 Å². The van der Waals surface area contributed by atoms with Crippen molar-refractivity contribution in [3.05, 3.63) is 69.2 Å². The van der Waals surface area contributed by atoms with Gasteiger partial charge < -0.3 is 10.1 Å². The van der Waals surface area contributed by atoms with E-state index in [9.17, 15) is 4.79 Å². The molecule has 3 rings (SSSR count). The molecule has 2 aromatic rings. The summed E-state index contributed by atoms with van der Waals surface area (Å²) in [6.07, 6.45) is 0. The number of amides is 1. The Hall–Kier alpha value is -1.24. The quantitative estimate of drug-likeness (QED) is 0.663. The third-order valence-corrected chi connectivity index (χ3v) is 6.25. The van der Waals surface area contributed by atoms with E-state index < -0.39 is 0 Å². The fraction of sp³-hybridized carbons (Fsp3) is 0.381. The molecule has 1 aliphatic heterocycles. The summed E-state index contributed by atoms with van der Waals surface area (Å²) in [5.74, 6) is 1.16. The number of rotatable bonds is 8. The Morgan fingerprint density at radius 3 is 2.39 bits per heavy atom. The van der Waals surface area contributed by atoms with Crippen LogP contribution in [0.3, 0.4) is 0 Å². The number of nitrogens with one attached hydrogen (secondary N) is 1. The molecule has 2 aromatic carbocycles. The minimum atomic E-state index is 0.0300. The molecule has 1 N–H and O–H groups in total. The van der Waals surface area contributed by atoms with E-state index in [1.54, 1.807) is 17.8 Å². The Labute approximate surface area is 180 Å². The Morgan fingerprint density at radius 2 is 1.68 bits per heavy atom. The second kappa shape index (κ2) is 11.1. The van der Waals surface area contributed by atoms with Gasteiger partial charge in [0, 0.05) is 31.9 Å². The predicted octanol–water partition coefficient (Wildman–Crippen LogP) is 4.38. The number of morpholine rings is 1. The molecule has 150 valence electrons. The van der Waals surface area contributed by atoms with Crippen molar-refractivity contribution in [1.82, 2.24) is 10.2 Å². The first kappa shape index (κ1) is 21.5. The number of ether oxygens (including phenoxy) is 1. The van der Waals surface area contributed by atoms with Crippen LogP contribution in [-0.2, 0) is 28.4 Å². The molecule has 4 nitrogen and oxygen atoms in total. The van der Waals surface area contributed by atoms with Crippen molar-refractivity contribution < 1.29 is 9.53 Å². The van der Waals surface area contributed by atoms with Gasteiger partial charge in [0.15, 0.2) is 0 Å². The maximum atomic E-state index is 12.1. The SMILES string of the molecule is O=C(CSCc1ccc(Cl)c(Cl)c1)NCc1ccc(CN2CCOCC2)cc1. The van der Waals surface area contributed by atoms with Gasteiger partial charge in [-0.1, -0.05) is 53.5 Å². The Morgan fingerprint density at radius 1 is 1.00 bits per heavy atom.